The first-order valence-electron chi connectivity index (χ1n) is 5.58. The summed E-state index contributed by atoms with van der Waals surface area (Å²) < 4.78 is 3.25. The molecule has 2 rings (SSSR count). The molecule has 2 atom stereocenters. The van der Waals surface area contributed by atoms with Crippen LogP contribution in [0, 0.1) is 0 Å². The normalized spacial score (nSPS) is 26.5. The van der Waals surface area contributed by atoms with Gasteiger partial charge in [0.25, 0.3) is 0 Å². The lowest BCUT2D eigenvalue weighted by Crippen LogP contribution is -2.16. The van der Waals surface area contributed by atoms with Crippen LogP contribution >= 0.6 is 15.9 Å². The second kappa shape index (κ2) is 4.26. The Bertz CT molecular complexity index is 346. The summed E-state index contributed by atoms with van der Waals surface area (Å²) in [6, 6.07) is 0.792. The summed E-state index contributed by atoms with van der Waals surface area (Å²) >= 11 is 3.59. The molecule has 0 aliphatic heterocycles. The minimum Gasteiger partial charge on any atom is -0.328 e. The third-order valence-corrected chi connectivity index (χ3v) is 3.75. The molecule has 1 aliphatic rings. The van der Waals surface area contributed by atoms with Gasteiger partial charge in [-0.15, -0.1) is 0 Å². The van der Waals surface area contributed by atoms with E-state index in [-0.39, 0.29) is 0 Å². The van der Waals surface area contributed by atoms with Crippen molar-refractivity contribution in [2.24, 2.45) is 5.73 Å². The van der Waals surface area contributed by atoms with Gasteiger partial charge >= 0.3 is 0 Å². The van der Waals surface area contributed by atoms with Crippen molar-refractivity contribution in [3.63, 3.8) is 0 Å². The van der Waals surface area contributed by atoms with Crippen LogP contribution in [0.15, 0.2) is 10.7 Å². The third-order valence-electron chi connectivity index (χ3n) is 3.14. The molecule has 0 aromatic carbocycles. The molecular weight excluding hydrogens is 254 g/mol. The third kappa shape index (κ3) is 2.11. The summed E-state index contributed by atoms with van der Waals surface area (Å²) in [7, 11) is 0. The van der Waals surface area contributed by atoms with Gasteiger partial charge in [-0.1, -0.05) is 0 Å². The predicted octanol–water partition coefficient (Wildman–Crippen LogP) is 2.82. The van der Waals surface area contributed by atoms with Crippen molar-refractivity contribution in [3.8, 4) is 0 Å². The van der Waals surface area contributed by atoms with Crippen LogP contribution in [0.5, 0.6) is 0 Å². The fourth-order valence-electron chi connectivity index (χ4n) is 2.41. The molecule has 0 spiro atoms. The van der Waals surface area contributed by atoms with Crippen molar-refractivity contribution < 1.29 is 0 Å². The van der Waals surface area contributed by atoms with Gasteiger partial charge in [-0.3, -0.25) is 4.68 Å². The van der Waals surface area contributed by atoms with E-state index in [9.17, 15) is 0 Å². The Morgan fingerprint density at radius 3 is 2.80 bits per heavy atom. The zero-order valence-electron chi connectivity index (χ0n) is 9.28. The van der Waals surface area contributed by atoms with E-state index in [1.54, 1.807) is 0 Å². The molecule has 0 amide bonds. The van der Waals surface area contributed by atoms with E-state index in [0.717, 1.165) is 17.3 Å². The first-order chi connectivity index (χ1) is 7.09. The zero-order valence-corrected chi connectivity index (χ0v) is 10.9. The summed E-state index contributed by atoms with van der Waals surface area (Å²) in [5, 5.41) is 4.41. The second-order valence-electron chi connectivity index (χ2n) is 4.69. The lowest BCUT2D eigenvalue weighted by Gasteiger charge is -2.16. The van der Waals surface area contributed by atoms with Crippen molar-refractivity contribution >= 4 is 15.9 Å². The fraction of sp³-hybridized carbons (Fsp3) is 0.727. The van der Waals surface area contributed by atoms with Crippen LogP contribution in [0.2, 0.25) is 0 Å². The number of hydrogen-bond acceptors (Lipinski definition) is 2. The van der Waals surface area contributed by atoms with Gasteiger partial charge in [-0.05, 0) is 49.0 Å². The molecule has 0 bridgehead atoms. The largest absolute Gasteiger partial charge is 0.328 e. The molecule has 0 radical (unpaired) electrons. The predicted molar refractivity (Wildman–Crippen MR) is 64.9 cm³/mol. The van der Waals surface area contributed by atoms with E-state index in [4.69, 9.17) is 5.73 Å². The Morgan fingerprint density at radius 2 is 2.27 bits per heavy atom. The van der Waals surface area contributed by atoms with E-state index in [0.29, 0.717) is 18.0 Å². The molecule has 2 unspecified atom stereocenters. The molecule has 1 aromatic heterocycles. The average molecular weight is 272 g/mol. The molecule has 1 saturated carbocycles. The van der Waals surface area contributed by atoms with Crippen molar-refractivity contribution in [2.75, 3.05) is 0 Å². The Balaban J connectivity index is 2.30. The SMILES string of the molecule is CC(C)n1ncc(Br)c1C1CCC(N)C1. The molecular formula is C11H18BrN3. The standard InChI is InChI=1S/C11H18BrN3/c1-7(2)15-11(10(12)6-14-15)8-3-4-9(13)5-8/h6-9H,3-5,13H2,1-2H3. The quantitative estimate of drug-likeness (QED) is 0.899. The monoisotopic (exact) mass is 271 g/mol. The van der Waals surface area contributed by atoms with Gasteiger partial charge in [-0.2, -0.15) is 5.10 Å². The minimum absolute atomic E-state index is 0.373. The second-order valence-corrected chi connectivity index (χ2v) is 5.54. The molecule has 3 nitrogen and oxygen atoms in total. The summed E-state index contributed by atoms with van der Waals surface area (Å²) in [5.41, 5.74) is 7.29. The number of hydrogen-bond donors (Lipinski definition) is 1. The van der Waals surface area contributed by atoms with Crippen LogP contribution < -0.4 is 5.73 Å². The van der Waals surface area contributed by atoms with E-state index >= 15 is 0 Å². The molecule has 0 saturated heterocycles. The maximum absolute atomic E-state index is 5.96. The number of aromatic nitrogens is 2. The van der Waals surface area contributed by atoms with Crippen LogP contribution in [0.25, 0.3) is 0 Å². The molecule has 84 valence electrons. The topological polar surface area (TPSA) is 43.8 Å². The van der Waals surface area contributed by atoms with Gasteiger partial charge < -0.3 is 5.73 Å². The highest BCUT2D eigenvalue weighted by Crippen LogP contribution is 2.38. The first-order valence-corrected chi connectivity index (χ1v) is 6.37. The number of halogens is 1. The Kier molecular flexibility index (Phi) is 3.16. The maximum Gasteiger partial charge on any atom is 0.0635 e. The van der Waals surface area contributed by atoms with Gasteiger partial charge in [0.05, 0.1) is 16.4 Å². The van der Waals surface area contributed by atoms with Crippen LogP contribution in [-0.4, -0.2) is 15.8 Å². The Morgan fingerprint density at radius 1 is 1.53 bits per heavy atom. The molecule has 2 N–H and O–H groups in total. The highest BCUT2D eigenvalue weighted by molar-refractivity contribution is 9.10. The highest BCUT2D eigenvalue weighted by Gasteiger charge is 2.28. The van der Waals surface area contributed by atoms with E-state index in [2.05, 4.69) is 39.6 Å². The smallest absolute Gasteiger partial charge is 0.0635 e. The summed E-state index contributed by atoms with van der Waals surface area (Å²) in [4.78, 5) is 0. The van der Waals surface area contributed by atoms with Crippen molar-refractivity contribution in [3.05, 3.63) is 16.4 Å². The molecule has 1 aromatic rings. The van der Waals surface area contributed by atoms with Crippen molar-refractivity contribution in [2.45, 2.75) is 51.1 Å². The van der Waals surface area contributed by atoms with Crippen LogP contribution in [0.4, 0.5) is 0 Å². The van der Waals surface area contributed by atoms with Gasteiger partial charge in [0, 0.05) is 18.0 Å². The van der Waals surface area contributed by atoms with Gasteiger partial charge in [0.15, 0.2) is 0 Å². The summed E-state index contributed by atoms with van der Waals surface area (Å²) in [5.74, 6) is 0.583. The zero-order chi connectivity index (χ0) is 11.0. The number of nitrogens with two attached hydrogens (primary N) is 1. The highest BCUT2D eigenvalue weighted by atomic mass is 79.9. The molecule has 1 heterocycles. The lowest BCUT2D eigenvalue weighted by molar-refractivity contribution is 0.482. The molecule has 1 fully saturated rings. The van der Waals surface area contributed by atoms with Crippen molar-refractivity contribution in [1.29, 1.82) is 0 Å². The van der Waals surface area contributed by atoms with Crippen LogP contribution in [0.3, 0.4) is 0 Å². The molecule has 4 heteroatoms. The van der Waals surface area contributed by atoms with Crippen LogP contribution in [0.1, 0.15) is 50.8 Å². The van der Waals surface area contributed by atoms with E-state index < -0.39 is 0 Å². The van der Waals surface area contributed by atoms with Gasteiger partial charge in [0.1, 0.15) is 0 Å². The molecule has 15 heavy (non-hydrogen) atoms. The Hall–Kier alpha value is -0.350. The van der Waals surface area contributed by atoms with E-state index in [1.807, 2.05) is 6.20 Å². The fourth-order valence-corrected chi connectivity index (χ4v) is 3.01. The Labute approximate surface area is 99.2 Å². The van der Waals surface area contributed by atoms with Crippen LogP contribution in [-0.2, 0) is 0 Å². The average Bonchev–Trinajstić information content (AvgIpc) is 2.71. The van der Waals surface area contributed by atoms with E-state index in [1.165, 1.54) is 12.1 Å². The van der Waals surface area contributed by atoms with Gasteiger partial charge in [-0.25, -0.2) is 0 Å². The summed E-state index contributed by atoms with van der Waals surface area (Å²) in [6.45, 7) is 4.33. The number of rotatable bonds is 2. The maximum atomic E-state index is 5.96. The summed E-state index contributed by atoms with van der Waals surface area (Å²) in [6.07, 6.45) is 5.33. The first kappa shape index (κ1) is 11.1. The lowest BCUT2D eigenvalue weighted by atomic mass is 10.0. The van der Waals surface area contributed by atoms with Crippen molar-refractivity contribution in [1.82, 2.24) is 9.78 Å². The number of nitrogens with zero attached hydrogens (tertiary/aromatic N) is 2. The van der Waals surface area contributed by atoms with Gasteiger partial charge in [0.2, 0.25) is 0 Å². The minimum atomic E-state index is 0.373. The molecule has 1 aliphatic carbocycles.